The molecule has 3 rings (SSSR count). The molecule has 0 radical (unpaired) electrons. The first-order chi connectivity index (χ1) is 17.0. The third kappa shape index (κ3) is 6.57. The molecule has 0 bridgehead atoms. The van der Waals surface area contributed by atoms with Crippen molar-refractivity contribution in [2.24, 2.45) is 0 Å². The second-order valence-electron chi connectivity index (χ2n) is 9.66. The van der Waals surface area contributed by atoms with E-state index >= 15 is 0 Å². The van der Waals surface area contributed by atoms with Crippen LogP contribution in [0.3, 0.4) is 0 Å². The highest BCUT2D eigenvalue weighted by atomic mass is 35.5. The number of para-hydroxylation sites is 3. The Balaban J connectivity index is 1.82. The average Bonchev–Trinajstić information content (AvgIpc) is 3.23. The van der Waals surface area contributed by atoms with E-state index in [1.165, 1.54) is 4.90 Å². The van der Waals surface area contributed by atoms with Crippen molar-refractivity contribution in [2.45, 2.75) is 53.0 Å². The van der Waals surface area contributed by atoms with Crippen LogP contribution >= 0.6 is 11.6 Å². The summed E-state index contributed by atoms with van der Waals surface area (Å²) in [6.45, 7) is 12.0. The fourth-order valence-corrected chi connectivity index (χ4v) is 3.72. The highest BCUT2D eigenvalue weighted by molar-refractivity contribution is 6.32. The van der Waals surface area contributed by atoms with Gasteiger partial charge in [0, 0.05) is 17.5 Å². The van der Waals surface area contributed by atoms with E-state index in [-0.39, 0.29) is 23.9 Å². The van der Waals surface area contributed by atoms with Gasteiger partial charge in [-0.1, -0.05) is 56.6 Å². The van der Waals surface area contributed by atoms with Gasteiger partial charge >= 0.3 is 6.03 Å². The number of ether oxygens (including phenoxy) is 1. The Kier molecular flexibility index (Phi) is 8.63. The number of rotatable bonds is 8. The van der Waals surface area contributed by atoms with Crippen molar-refractivity contribution in [1.82, 2.24) is 14.7 Å². The molecule has 192 valence electrons. The van der Waals surface area contributed by atoms with E-state index in [0.29, 0.717) is 34.6 Å². The Labute approximate surface area is 217 Å². The van der Waals surface area contributed by atoms with Gasteiger partial charge in [-0.15, -0.1) is 0 Å². The van der Waals surface area contributed by atoms with Crippen molar-refractivity contribution in [2.75, 3.05) is 23.8 Å². The molecule has 3 amide bonds. The summed E-state index contributed by atoms with van der Waals surface area (Å²) in [6, 6.07) is 15.7. The maximum atomic E-state index is 13.1. The van der Waals surface area contributed by atoms with Crippen molar-refractivity contribution in [3.8, 4) is 11.4 Å². The average molecular weight is 512 g/mol. The van der Waals surface area contributed by atoms with Crippen LogP contribution in [-0.4, -0.2) is 45.8 Å². The van der Waals surface area contributed by atoms with Crippen LogP contribution in [0.4, 0.5) is 16.3 Å². The molecule has 9 heteroatoms. The predicted octanol–water partition coefficient (Wildman–Crippen LogP) is 6.10. The summed E-state index contributed by atoms with van der Waals surface area (Å²) in [6.07, 6.45) is 0. The zero-order valence-corrected chi connectivity index (χ0v) is 22.4. The molecule has 1 aromatic heterocycles. The third-order valence-corrected chi connectivity index (χ3v) is 5.77. The van der Waals surface area contributed by atoms with E-state index in [4.69, 9.17) is 21.4 Å². The number of anilines is 2. The smallest absolute Gasteiger partial charge is 0.322 e. The quantitative estimate of drug-likeness (QED) is 0.382. The van der Waals surface area contributed by atoms with Crippen LogP contribution in [0, 0.1) is 0 Å². The summed E-state index contributed by atoms with van der Waals surface area (Å²) in [5.41, 5.74) is 1.74. The second-order valence-corrected chi connectivity index (χ2v) is 10.1. The molecule has 0 saturated carbocycles. The number of carbonyl (C=O) groups is 2. The Morgan fingerprint density at radius 2 is 1.75 bits per heavy atom. The Morgan fingerprint density at radius 1 is 1.08 bits per heavy atom. The summed E-state index contributed by atoms with van der Waals surface area (Å²) in [4.78, 5) is 27.7. The number of urea groups is 1. The van der Waals surface area contributed by atoms with Crippen molar-refractivity contribution in [3.63, 3.8) is 0 Å². The topological polar surface area (TPSA) is 88.5 Å². The number of amides is 3. The molecule has 0 fully saturated rings. The molecule has 3 aromatic rings. The van der Waals surface area contributed by atoms with Crippen LogP contribution in [0.25, 0.3) is 5.69 Å². The lowest BCUT2D eigenvalue weighted by molar-refractivity contribution is -0.117. The van der Waals surface area contributed by atoms with E-state index < -0.39 is 6.03 Å². The molecule has 0 saturated heterocycles. The highest BCUT2D eigenvalue weighted by Crippen LogP contribution is 2.29. The minimum absolute atomic E-state index is 0.154. The maximum Gasteiger partial charge on any atom is 0.322 e. The highest BCUT2D eigenvalue weighted by Gasteiger charge is 2.25. The molecule has 2 N–H and O–H groups in total. The summed E-state index contributed by atoms with van der Waals surface area (Å²) >= 11 is 6.43. The number of aromatic nitrogens is 2. The first-order valence-electron chi connectivity index (χ1n) is 12.0. The fourth-order valence-electron chi connectivity index (χ4n) is 3.51. The Morgan fingerprint density at radius 3 is 2.39 bits per heavy atom. The van der Waals surface area contributed by atoms with Gasteiger partial charge < -0.3 is 20.3 Å². The Hall–Kier alpha value is -3.52. The molecule has 0 aliphatic carbocycles. The second kappa shape index (κ2) is 11.5. The summed E-state index contributed by atoms with van der Waals surface area (Å²) < 4.78 is 7.22. The zero-order valence-electron chi connectivity index (χ0n) is 21.6. The molecule has 1 heterocycles. The number of nitrogens with zero attached hydrogens (tertiary/aromatic N) is 3. The van der Waals surface area contributed by atoms with E-state index in [1.54, 1.807) is 22.9 Å². The van der Waals surface area contributed by atoms with Crippen LogP contribution in [0.2, 0.25) is 5.02 Å². The maximum absolute atomic E-state index is 13.1. The summed E-state index contributed by atoms with van der Waals surface area (Å²) in [5.74, 6) is 0.689. The number of carbonyl (C=O) groups excluding carboxylic acids is 2. The normalized spacial score (nSPS) is 11.3. The van der Waals surface area contributed by atoms with Crippen molar-refractivity contribution >= 4 is 35.0 Å². The minimum atomic E-state index is -0.401. The molecule has 0 aliphatic heterocycles. The van der Waals surface area contributed by atoms with Gasteiger partial charge in [-0.05, 0) is 45.0 Å². The van der Waals surface area contributed by atoms with Crippen LogP contribution in [0.5, 0.6) is 5.75 Å². The van der Waals surface area contributed by atoms with Crippen molar-refractivity contribution in [3.05, 3.63) is 65.3 Å². The summed E-state index contributed by atoms with van der Waals surface area (Å²) in [7, 11) is 0. The predicted molar refractivity (Wildman–Crippen MR) is 144 cm³/mol. The van der Waals surface area contributed by atoms with Gasteiger partial charge in [-0.3, -0.25) is 4.79 Å². The van der Waals surface area contributed by atoms with Crippen LogP contribution in [0.15, 0.2) is 54.6 Å². The molecule has 8 nitrogen and oxygen atoms in total. The van der Waals surface area contributed by atoms with E-state index in [2.05, 4.69) is 10.6 Å². The van der Waals surface area contributed by atoms with Gasteiger partial charge in [-0.25, -0.2) is 9.48 Å². The molecule has 36 heavy (non-hydrogen) atoms. The Bertz CT molecular complexity index is 1220. The van der Waals surface area contributed by atoms with Crippen LogP contribution < -0.4 is 15.4 Å². The van der Waals surface area contributed by atoms with Gasteiger partial charge in [0.25, 0.3) is 0 Å². The van der Waals surface area contributed by atoms with E-state index in [1.807, 2.05) is 77.9 Å². The van der Waals surface area contributed by atoms with Crippen LogP contribution in [0.1, 0.15) is 47.2 Å². The molecule has 2 aromatic carbocycles. The third-order valence-electron chi connectivity index (χ3n) is 5.45. The van der Waals surface area contributed by atoms with E-state index in [0.717, 1.165) is 5.69 Å². The number of nitrogens with one attached hydrogen (secondary N) is 2. The molecule has 0 spiro atoms. The lowest BCUT2D eigenvalue weighted by Crippen LogP contribution is -2.44. The van der Waals surface area contributed by atoms with Crippen molar-refractivity contribution in [1.29, 1.82) is 0 Å². The van der Waals surface area contributed by atoms with Crippen LogP contribution in [-0.2, 0) is 10.2 Å². The van der Waals surface area contributed by atoms with Gasteiger partial charge in [0.05, 0.1) is 28.7 Å². The number of hydrogen-bond donors (Lipinski definition) is 2. The number of benzene rings is 2. The summed E-state index contributed by atoms with van der Waals surface area (Å²) in [5, 5.41) is 11.0. The molecular formula is C27H34ClN5O3. The zero-order chi connectivity index (χ0) is 26.5. The first-order valence-corrected chi connectivity index (χ1v) is 12.3. The van der Waals surface area contributed by atoms with Gasteiger partial charge in [-0.2, -0.15) is 5.10 Å². The van der Waals surface area contributed by atoms with Gasteiger partial charge in [0.15, 0.2) is 0 Å². The lowest BCUT2D eigenvalue weighted by atomic mass is 9.92. The number of halogens is 1. The van der Waals surface area contributed by atoms with Crippen molar-refractivity contribution < 1.29 is 14.3 Å². The molecule has 0 atom stereocenters. The molecule has 0 unspecified atom stereocenters. The SMILES string of the molecule is CCOc1ccccc1NC(=O)N(CC(=O)Nc1cc(C(C)(C)C)nn1-c1ccccc1Cl)C(C)C. The fraction of sp³-hybridized carbons (Fsp3) is 0.370. The van der Waals surface area contributed by atoms with Gasteiger partial charge in [0.1, 0.15) is 18.1 Å². The largest absolute Gasteiger partial charge is 0.492 e. The standard InChI is InChI=1S/C27H34ClN5O3/c1-7-36-22-15-11-9-13-20(22)29-26(35)32(18(2)3)17-25(34)30-24-16-23(27(4,5)6)31-33(24)21-14-10-8-12-19(21)28/h8-16,18H,7,17H2,1-6H3,(H,29,35)(H,30,34). The van der Waals surface area contributed by atoms with Gasteiger partial charge in [0.2, 0.25) is 5.91 Å². The molecular weight excluding hydrogens is 478 g/mol. The number of hydrogen-bond acceptors (Lipinski definition) is 4. The molecule has 0 aliphatic rings. The monoisotopic (exact) mass is 511 g/mol. The van der Waals surface area contributed by atoms with E-state index in [9.17, 15) is 9.59 Å². The minimum Gasteiger partial charge on any atom is -0.492 e. The first kappa shape index (κ1) is 27.1. The lowest BCUT2D eigenvalue weighted by Gasteiger charge is -2.26.